The summed E-state index contributed by atoms with van der Waals surface area (Å²) >= 11 is 6.22. The van der Waals surface area contributed by atoms with Crippen molar-refractivity contribution < 1.29 is 4.42 Å². The summed E-state index contributed by atoms with van der Waals surface area (Å²) in [5.41, 5.74) is 3.35. The lowest BCUT2D eigenvalue weighted by Crippen LogP contribution is -2.14. The zero-order valence-electron chi connectivity index (χ0n) is 11.3. The predicted molar refractivity (Wildman–Crippen MR) is 77.3 cm³/mol. The van der Waals surface area contributed by atoms with E-state index in [-0.39, 0.29) is 0 Å². The maximum Gasteiger partial charge on any atom is 0.153 e. The lowest BCUT2D eigenvalue weighted by molar-refractivity contribution is 0.508. The molecule has 0 fully saturated rings. The van der Waals surface area contributed by atoms with Crippen LogP contribution in [0.25, 0.3) is 11.0 Å². The van der Waals surface area contributed by atoms with Crippen molar-refractivity contribution in [1.29, 1.82) is 0 Å². The second-order valence-electron chi connectivity index (χ2n) is 4.60. The first kappa shape index (κ1) is 13.4. The van der Waals surface area contributed by atoms with Gasteiger partial charge in [0.15, 0.2) is 5.58 Å². The molecule has 18 heavy (non-hydrogen) atoms. The molecule has 0 saturated heterocycles. The van der Waals surface area contributed by atoms with Crippen LogP contribution in [0.4, 0.5) is 0 Å². The van der Waals surface area contributed by atoms with Gasteiger partial charge in [-0.2, -0.15) is 0 Å². The molecule has 0 aliphatic heterocycles. The quantitative estimate of drug-likeness (QED) is 0.808. The molecule has 1 heterocycles. The third-order valence-corrected chi connectivity index (χ3v) is 3.55. The van der Waals surface area contributed by atoms with E-state index in [2.05, 4.69) is 32.2 Å². The van der Waals surface area contributed by atoms with Crippen LogP contribution in [0.1, 0.15) is 37.2 Å². The summed E-state index contributed by atoms with van der Waals surface area (Å²) < 4.78 is 5.95. The molecule has 0 aliphatic rings. The Morgan fingerprint density at radius 1 is 1.28 bits per heavy atom. The number of rotatable bonds is 5. The van der Waals surface area contributed by atoms with Crippen molar-refractivity contribution in [1.82, 2.24) is 5.32 Å². The molecule has 0 atom stereocenters. The maximum absolute atomic E-state index is 6.22. The van der Waals surface area contributed by atoms with Crippen molar-refractivity contribution in [3.63, 3.8) is 0 Å². The fraction of sp³-hybridized carbons (Fsp3) is 0.467. The molecule has 0 bridgehead atoms. The van der Waals surface area contributed by atoms with Crippen molar-refractivity contribution in [3.05, 3.63) is 34.0 Å². The van der Waals surface area contributed by atoms with E-state index in [0.717, 1.165) is 37.3 Å². The predicted octanol–water partition coefficient (Wildman–Crippen LogP) is 4.46. The van der Waals surface area contributed by atoms with E-state index in [4.69, 9.17) is 16.0 Å². The van der Waals surface area contributed by atoms with Crippen molar-refractivity contribution in [2.24, 2.45) is 0 Å². The summed E-state index contributed by atoms with van der Waals surface area (Å²) in [6.07, 6.45) is 2.10. The minimum atomic E-state index is 0.701. The second-order valence-corrected chi connectivity index (χ2v) is 5.01. The molecule has 2 rings (SSSR count). The molecule has 1 aromatic carbocycles. The van der Waals surface area contributed by atoms with Crippen LogP contribution in [0.2, 0.25) is 5.02 Å². The number of hydrogen-bond acceptors (Lipinski definition) is 2. The lowest BCUT2D eigenvalue weighted by atomic mass is 10.0. The van der Waals surface area contributed by atoms with Gasteiger partial charge in [-0.3, -0.25) is 0 Å². The van der Waals surface area contributed by atoms with Crippen molar-refractivity contribution >= 4 is 22.6 Å². The molecule has 3 heteroatoms. The minimum Gasteiger partial charge on any atom is -0.458 e. The fourth-order valence-electron chi connectivity index (χ4n) is 2.35. The molecule has 0 radical (unpaired) electrons. The van der Waals surface area contributed by atoms with E-state index >= 15 is 0 Å². The summed E-state index contributed by atoms with van der Waals surface area (Å²) in [5.74, 6) is 1.03. The highest BCUT2D eigenvalue weighted by Crippen LogP contribution is 2.34. The molecule has 2 nitrogen and oxygen atoms in total. The topological polar surface area (TPSA) is 25.2 Å². The average molecular weight is 266 g/mol. The Balaban J connectivity index is 2.47. The summed E-state index contributed by atoms with van der Waals surface area (Å²) in [5, 5.41) is 5.28. The largest absolute Gasteiger partial charge is 0.458 e. The van der Waals surface area contributed by atoms with Crippen molar-refractivity contribution in [2.75, 3.05) is 6.54 Å². The second kappa shape index (κ2) is 5.77. The average Bonchev–Trinajstić information content (AvgIpc) is 2.74. The fourth-order valence-corrected chi connectivity index (χ4v) is 2.55. The Bertz CT molecular complexity index is 545. The van der Waals surface area contributed by atoms with E-state index in [1.165, 1.54) is 16.5 Å². The molecule has 0 saturated carbocycles. The highest BCUT2D eigenvalue weighted by Gasteiger charge is 2.16. The Morgan fingerprint density at radius 3 is 2.72 bits per heavy atom. The van der Waals surface area contributed by atoms with Crippen LogP contribution in [0, 0.1) is 6.92 Å². The van der Waals surface area contributed by atoms with Gasteiger partial charge in [0.2, 0.25) is 0 Å². The van der Waals surface area contributed by atoms with Gasteiger partial charge in [-0.25, -0.2) is 0 Å². The van der Waals surface area contributed by atoms with Gasteiger partial charge in [-0.15, -0.1) is 0 Å². The van der Waals surface area contributed by atoms with E-state index in [0.29, 0.717) is 5.02 Å². The summed E-state index contributed by atoms with van der Waals surface area (Å²) in [6.45, 7) is 8.21. The van der Waals surface area contributed by atoms with E-state index < -0.39 is 0 Å². The standard InChI is InChI=1S/C15H20ClNO/c1-4-8-17-9-13-11(5-2)14-10(3)6-7-12(16)15(14)18-13/h6-7,17H,4-5,8-9H2,1-3H3. The van der Waals surface area contributed by atoms with Gasteiger partial charge in [0.25, 0.3) is 0 Å². The molecule has 0 aliphatic carbocycles. The van der Waals surface area contributed by atoms with Gasteiger partial charge >= 0.3 is 0 Å². The van der Waals surface area contributed by atoms with Crippen molar-refractivity contribution in [3.8, 4) is 0 Å². The number of benzene rings is 1. The monoisotopic (exact) mass is 265 g/mol. The minimum absolute atomic E-state index is 0.701. The highest BCUT2D eigenvalue weighted by atomic mass is 35.5. The number of halogens is 1. The first-order chi connectivity index (χ1) is 8.69. The SMILES string of the molecule is CCCNCc1oc2c(Cl)ccc(C)c2c1CC. The first-order valence-corrected chi connectivity index (χ1v) is 6.96. The first-order valence-electron chi connectivity index (χ1n) is 6.59. The number of nitrogens with one attached hydrogen (secondary N) is 1. The maximum atomic E-state index is 6.22. The molecule has 2 aromatic rings. The number of furan rings is 1. The summed E-state index contributed by atoms with van der Waals surface area (Å²) in [4.78, 5) is 0. The van der Waals surface area contributed by atoms with Crippen LogP contribution in [-0.4, -0.2) is 6.54 Å². The molecule has 98 valence electrons. The van der Waals surface area contributed by atoms with E-state index in [1.807, 2.05) is 6.07 Å². The van der Waals surface area contributed by atoms with Gasteiger partial charge in [0, 0.05) is 10.9 Å². The Kier molecular flexibility index (Phi) is 4.31. The van der Waals surface area contributed by atoms with Crippen LogP contribution in [0.3, 0.4) is 0 Å². The zero-order valence-corrected chi connectivity index (χ0v) is 12.0. The van der Waals surface area contributed by atoms with Gasteiger partial charge in [0.05, 0.1) is 11.6 Å². The molecule has 1 aromatic heterocycles. The molecule has 0 spiro atoms. The van der Waals surface area contributed by atoms with E-state index in [1.54, 1.807) is 0 Å². The number of hydrogen-bond donors (Lipinski definition) is 1. The summed E-state index contributed by atoms with van der Waals surface area (Å²) in [6, 6.07) is 3.97. The summed E-state index contributed by atoms with van der Waals surface area (Å²) in [7, 11) is 0. The third-order valence-electron chi connectivity index (χ3n) is 3.25. The van der Waals surface area contributed by atoms with Crippen LogP contribution in [-0.2, 0) is 13.0 Å². The molecular formula is C15H20ClNO. The highest BCUT2D eigenvalue weighted by molar-refractivity contribution is 6.35. The van der Waals surface area contributed by atoms with E-state index in [9.17, 15) is 0 Å². The van der Waals surface area contributed by atoms with Crippen LogP contribution in [0.15, 0.2) is 16.5 Å². The third kappa shape index (κ3) is 2.40. The smallest absolute Gasteiger partial charge is 0.153 e. The Labute approximate surface area is 113 Å². The van der Waals surface area contributed by atoms with Crippen molar-refractivity contribution in [2.45, 2.75) is 40.2 Å². The van der Waals surface area contributed by atoms with Gasteiger partial charge < -0.3 is 9.73 Å². The number of fused-ring (bicyclic) bond motifs is 1. The van der Waals surface area contributed by atoms with Gasteiger partial charge in [0.1, 0.15) is 5.76 Å². The van der Waals surface area contributed by atoms with Gasteiger partial charge in [-0.05, 0) is 37.9 Å². The molecule has 1 N–H and O–H groups in total. The molecule has 0 amide bonds. The lowest BCUT2D eigenvalue weighted by Gasteiger charge is -2.02. The zero-order chi connectivity index (χ0) is 13.1. The molecule has 0 unspecified atom stereocenters. The molecular weight excluding hydrogens is 246 g/mol. The van der Waals surface area contributed by atoms with Crippen LogP contribution in [0.5, 0.6) is 0 Å². The Morgan fingerprint density at radius 2 is 2.06 bits per heavy atom. The normalized spacial score (nSPS) is 11.3. The van der Waals surface area contributed by atoms with Gasteiger partial charge in [-0.1, -0.05) is 31.5 Å². The number of aryl methyl sites for hydroxylation is 2. The van der Waals surface area contributed by atoms with Crippen LogP contribution < -0.4 is 5.32 Å². The Hall–Kier alpha value is -0.990. The van der Waals surface area contributed by atoms with Crippen LogP contribution >= 0.6 is 11.6 Å².